The van der Waals surface area contributed by atoms with Crippen LogP contribution in [0, 0.1) is 6.92 Å². The Morgan fingerprint density at radius 1 is 1.19 bits per heavy atom. The summed E-state index contributed by atoms with van der Waals surface area (Å²) < 4.78 is 15.9. The maximum Gasteiger partial charge on any atom is 0.338 e. The first-order valence-electron chi connectivity index (χ1n) is 10.3. The number of para-hydroxylation sites is 1. The van der Waals surface area contributed by atoms with Gasteiger partial charge in [-0.25, -0.2) is 4.79 Å². The van der Waals surface area contributed by atoms with Crippen molar-refractivity contribution in [1.82, 2.24) is 5.32 Å². The van der Waals surface area contributed by atoms with E-state index in [2.05, 4.69) is 15.5 Å². The highest BCUT2D eigenvalue weighted by Gasteiger charge is 2.20. The molecule has 3 rings (SSSR count). The minimum Gasteiger partial charge on any atom is -0.496 e. The largest absolute Gasteiger partial charge is 0.496 e. The fourth-order valence-corrected chi connectivity index (χ4v) is 3.69. The average molecular weight is 458 g/mol. The third-order valence-electron chi connectivity index (χ3n) is 5.00. The molecule has 0 aliphatic carbocycles. The molecule has 8 nitrogen and oxygen atoms in total. The minimum absolute atomic E-state index is 0.106. The number of aryl methyl sites for hydroxylation is 1. The summed E-state index contributed by atoms with van der Waals surface area (Å²) in [5.74, 6) is -0.327. The van der Waals surface area contributed by atoms with Crippen molar-refractivity contribution in [3.05, 3.63) is 53.1 Å². The van der Waals surface area contributed by atoms with E-state index < -0.39 is 11.9 Å². The molecule has 0 saturated carbocycles. The third-order valence-corrected chi connectivity index (χ3v) is 5.20. The molecular formula is C23H27N3O5S. The summed E-state index contributed by atoms with van der Waals surface area (Å²) in [5, 5.41) is 5.86. The maximum atomic E-state index is 12.8. The van der Waals surface area contributed by atoms with Crippen molar-refractivity contribution in [1.29, 1.82) is 0 Å². The van der Waals surface area contributed by atoms with Gasteiger partial charge in [0.25, 0.3) is 5.91 Å². The lowest BCUT2D eigenvalue weighted by Gasteiger charge is -2.31. The Labute approximate surface area is 192 Å². The zero-order valence-electron chi connectivity index (χ0n) is 18.4. The average Bonchev–Trinajstić information content (AvgIpc) is 2.79. The van der Waals surface area contributed by atoms with Gasteiger partial charge in [0.2, 0.25) is 0 Å². The zero-order valence-corrected chi connectivity index (χ0v) is 19.2. The van der Waals surface area contributed by atoms with Crippen LogP contribution in [0.15, 0.2) is 36.4 Å². The lowest BCUT2D eigenvalue weighted by molar-refractivity contribution is 0.0526. The molecule has 2 aromatic rings. The van der Waals surface area contributed by atoms with Gasteiger partial charge < -0.3 is 24.4 Å². The van der Waals surface area contributed by atoms with Crippen LogP contribution in [-0.2, 0) is 9.47 Å². The van der Waals surface area contributed by atoms with E-state index in [1.165, 1.54) is 7.11 Å². The van der Waals surface area contributed by atoms with Gasteiger partial charge in [-0.3, -0.25) is 10.1 Å². The molecule has 1 aliphatic heterocycles. The molecule has 1 amide bonds. The Balaban J connectivity index is 1.83. The van der Waals surface area contributed by atoms with Gasteiger partial charge in [0.1, 0.15) is 5.75 Å². The number of carbonyl (C=O) groups excluding carboxylic acids is 2. The van der Waals surface area contributed by atoms with E-state index in [9.17, 15) is 9.59 Å². The van der Waals surface area contributed by atoms with E-state index in [1.54, 1.807) is 31.2 Å². The molecule has 32 heavy (non-hydrogen) atoms. The topological polar surface area (TPSA) is 89.1 Å². The summed E-state index contributed by atoms with van der Waals surface area (Å²) in [6, 6.07) is 10.5. The highest BCUT2D eigenvalue weighted by molar-refractivity contribution is 7.80. The molecule has 0 atom stereocenters. The SMILES string of the molecule is CCOC(=O)c1ccc(N2CCOCC2)c(NC(=S)NC(=O)c2cccc(C)c2OC)c1. The van der Waals surface area contributed by atoms with Crippen molar-refractivity contribution < 1.29 is 23.8 Å². The predicted octanol–water partition coefficient (Wildman–Crippen LogP) is 3.14. The quantitative estimate of drug-likeness (QED) is 0.505. The van der Waals surface area contributed by atoms with Crippen LogP contribution in [0.25, 0.3) is 0 Å². The Morgan fingerprint density at radius 2 is 1.94 bits per heavy atom. The van der Waals surface area contributed by atoms with Gasteiger partial charge in [-0.15, -0.1) is 0 Å². The summed E-state index contributed by atoms with van der Waals surface area (Å²) >= 11 is 5.40. The van der Waals surface area contributed by atoms with Crippen molar-refractivity contribution in [2.45, 2.75) is 13.8 Å². The van der Waals surface area contributed by atoms with Crippen LogP contribution in [-0.4, -0.2) is 57.0 Å². The van der Waals surface area contributed by atoms with Gasteiger partial charge in [-0.2, -0.15) is 0 Å². The minimum atomic E-state index is -0.427. The number of nitrogens with one attached hydrogen (secondary N) is 2. The summed E-state index contributed by atoms with van der Waals surface area (Å²) in [7, 11) is 1.52. The van der Waals surface area contributed by atoms with Crippen molar-refractivity contribution in [2.75, 3.05) is 50.2 Å². The lowest BCUT2D eigenvalue weighted by Crippen LogP contribution is -2.38. The molecule has 0 spiro atoms. The normalized spacial score (nSPS) is 13.3. The van der Waals surface area contributed by atoms with Crippen LogP contribution in [0.2, 0.25) is 0 Å². The number of ether oxygens (including phenoxy) is 3. The number of thiocarbonyl (C=S) groups is 1. The summed E-state index contributed by atoms with van der Waals surface area (Å²) in [6.07, 6.45) is 0. The van der Waals surface area contributed by atoms with E-state index in [0.29, 0.717) is 48.9 Å². The molecular weight excluding hydrogens is 430 g/mol. The van der Waals surface area contributed by atoms with Crippen LogP contribution >= 0.6 is 12.2 Å². The smallest absolute Gasteiger partial charge is 0.338 e. The maximum absolute atomic E-state index is 12.8. The van der Waals surface area contributed by atoms with Crippen LogP contribution in [0.4, 0.5) is 11.4 Å². The van der Waals surface area contributed by atoms with Gasteiger partial charge in [-0.05, 0) is 55.9 Å². The standard InChI is InChI=1S/C23H27N3O5S/c1-4-31-22(28)16-8-9-19(26-10-12-30-13-11-26)18(14-16)24-23(32)25-21(27)17-7-5-6-15(2)20(17)29-3/h5-9,14H,4,10-13H2,1-3H3,(H2,24,25,27,32). The highest BCUT2D eigenvalue weighted by atomic mass is 32.1. The Hall–Kier alpha value is -3.17. The molecule has 0 radical (unpaired) electrons. The second kappa shape index (κ2) is 10.9. The third kappa shape index (κ3) is 5.54. The van der Waals surface area contributed by atoms with Gasteiger partial charge in [-0.1, -0.05) is 12.1 Å². The van der Waals surface area contributed by atoms with E-state index in [0.717, 1.165) is 11.3 Å². The molecule has 170 valence electrons. The number of methoxy groups -OCH3 is 1. The van der Waals surface area contributed by atoms with Gasteiger partial charge in [0, 0.05) is 13.1 Å². The van der Waals surface area contributed by atoms with Crippen LogP contribution in [0.5, 0.6) is 5.75 Å². The number of carbonyl (C=O) groups is 2. The molecule has 2 aromatic carbocycles. The molecule has 0 unspecified atom stereocenters. The number of nitrogens with zero attached hydrogens (tertiary/aromatic N) is 1. The highest BCUT2D eigenvalue weighted by Crippen LogP contribution is 2.29. The Kier molecular flexibility index (Phi) is 8.02. The number of morpholine rings is 1. The van der Waals surface area contributed by atoms with Gasteiger partial charge in [0.15, 0.2) is 5.11 Å². The number of rotatable bonds is 6. The number of esters is 1. The summed E-state index contributed by atoms with van der Waals surface area (Å²) in [5.41, 5.74) is 3.06. The summed E-state index contributed by atoms with van der Waals surface area (Å²) in [6.45, 7) is 6.51. The Morgan fingerprint density at radius 3 is 2.62 bits per heavy atom. The van der Waals surface area contributed by atoms with Crippen LogP contribution in [0.1, 0.15) is 33.2 Å². The number of hydrogen-bond acceptors (Lipinski definition) is 7. The second-order valence-electron chi connectivity index (χ2n) is 7.12. The summed E-state index contributed by atoms with van der Waals surface area (Å²) in [4.78, 5) is 27.2. The molecule has 9 heteroatoms. The first-order chi connectivity index (χ1) is 15.4. The Bertz CT molecular complexity index is 1010. The van der Waals surface area contributed by atoms with E-state index in [-0.39, 0.29) is 11.7 Å². The molecule has 1 heterocycles. The van der Waals surface area contributed by atoms with Crippen LogP contribution < -0.4 is 20.3 Å². The van der Waals surface area contributed by atoms with E-state index in [1.807, 2.05) is 19.1 Å². The molecule has 0 aromatic heterocycles. The van der Waals surface area contributed by atoms with Crippen molar-refractivity contribution in [3.63, 3.8) is 0 Å². The number of hydrogen-bond donors (Lipinski definition) is 2. The number of anilines is 2. The molecule has 1 fully saturated rings. The second-order valence-corrected chi connectivity index (χ2v) is 7.52. The predicted molar refractivity (Wildman–Crippen MR) is 127 cm³/mol. The van der Waals surface area contributed by atoms with Crippen molar-refractivity contribution in [2.24, 2.45) is 0 Å². The molecule has 1 saturated heterocycles. The number of amides is 1. The van der Waals surface area contributed by atoms with Gasteiger partial charge >= 0.3 is 5.97 Å². The van der Waals surface area contributed by atoms with Gasteiger partial charge in [0.05, 0.1) is 49.4 Å². The van der Waals surface area contributed by atoms with E-state index in [4.69, 9.17) is 26.4 Å². The molecule has 0 bridgehead atoms. The fraction of sp³-hybridized carbons (Fsp3) is 0.348. The van der Waals surface area contributed by atoms with Crippen molar-refractivity contribution >= 4 is 40.6 Å². The first-order valence-corrected chi connectivity index (χ1v) is 10.7. The van der Waals surface area contributed by atoms with Crippen molar-refractivity contribution in [3.8, 4) is 5.75 Å². The first kappa shape index (κ1) is 23.5. The zero-order chi connectivity index (χ0) is 23.1. The number of benzene rings is 2. The van der Waals surface area contributed by atoms with E-state index >= 15 is 0 Å². The lowest BCUT2D eigenvalue weighted by atomic mass is 10.1. The monoisotopic (exact) mass is 457 g/mol. The fourth-order valence-electron chi connectivity index (χ4n) is 3.48. The molecule has 1 aliphatic rings. The van der Waals surface area contributed by atoms with Crippen LogP contribution in [0.3, 0.4) is 0 Å². The molecule has 2 N–H and O–H groups in total.